The first-order valence-corrected chi connectivity index (χ1v) is 12.1. The van der Waals surface area contributed by atoms with Crippen LogP contribution in [-0.2, 0) is 6.54 Å². The van der Waals surface area contributed by atoms with Crippen molar-refractivity contribution in [3.05, 3.63) is 60.1 Å². The van der Waals surface area contributed by atoms with Gasteiger partial charge in [-0.1, -0.05) is 0 Å². The van der Waals surface area contributed by atoms with E-state index in [0.717, 1.165) is 12.1 Å². The summed E-state index contributed by atoms with van der Waals surface area (Å²) in [5.74, 6) is -0.634. The lowest BCUT2D eigenvalue weighted by atomic mass is 9.84. The monoisotopic (exact) mass is 548 g/mol. The summed E-state index contributed by atoms with van der Waals surface area (Å²) in [5, 5.41) is 10.1. The predicted octanol–water partition coefficient (Wildman–Crippen LogP) is 3.52. The van der Waals surface area contributed by atoms with Gasteiger partial charge in [0.05, 0.1) is 36.0 Å². The fourth-order valence-corrected chi connectivity index (χ4v) is 5.00. The molecule has 5 rings (SSSR count). The Labute approximate surface area is 219 Å². The highest BCUT2D eigenvalue weighted by molar-refractivity contribution is 5.81. The van der Waals surface area contributed by atoms with E-state index >= 15 is 0 Å². The third-order valence-electron chi connectivity index (χ3n) is 6.98. The number of fused-ring (bicyclic) bond motifs is 1. The third kappa shape index (κ3) is 5.08. The van der Waals surface area contributed by atoms with E-state index in [1.165, 1.54) is 24.9 Å². The van der Waals surface area contributed by atoms with Crippen molar-refractivity contribution in [3.8, 4) is 11.3 Å². The van der Waals surface area contributed by atoms with Crippen molar-refractivity contribution in [2.24, 2.45) is 5.73 Å². The lowest BCUT2D eigenvalue weighted by Gasteiger charge is -2.44. The molecule has 0 radical (unpaired) electrons. The largest absolute Gasteiger partial charge is 0.385 e. The topological polar surface area (TPSA) is 132 Å². The van der Waals surface area contributed by atoms with Crippen LogP contribution in [0.1, 0.15) is 30.4 Å². The van der Waals surface area contributed by atoms with Crippen LogP contribution in [0, 0.1) is 5.82 Å². The van der Waals surface area contributed by atoms with Gasteiger partial charge in [0.2, 0.25) is 0 Å². The van der Waals surface area contributed by atoms with Gasteiger partial charge in [0, 0.05) is 24.2 Å². The van der Waals surface area contributed by atoms with Gasteiger partial charge in [0.25, 0.3) is 12.9 Å². The second-order valence-electron chi connectivity index (χ2n) is 9.57. The highest BCUT2D eigenvalue weighted by Crippen LogP contribution is 2.36. The molecule has 3 aromatic heterocycles. The SMILES string of the molecule is Nc1ncnc2c1ncn2Cc1cc(-c2ccc(F)cc2C(F)F)ncc1N1CCCC(N)(C(O)C(F)F)C1. The van der Waals surface area contributed by atoms with Crippen molar-refractivity contribution in [2.75, 3.05) is 23.7 Å². The van der Waals surface area contributed by atoms with Gasteiger partial charge in [0.1, 0.15) is 23.8 Å². The molecule has 39 heavy (non-hydrogen) atoms. The smallest absolute Gasteiger partial charge is 0.265 e. The van der Waals surface area contributed by atoms with E-state index in [-0.39, 0.29) is 36.6 Å². The molecule has 4 aromatic rings. The molecular formula is C25H25F5N8O. The lowest BCUT2D eigenvalue weighted by Crippen LogP contribution is -2.63. The fraction of sp³-hybridized carbons (Fsp3) is 0.360. The predicted molar refractivity (Wildman–Crippen MR) is 134 cm³/mol. The van der Waals surface area contributed by atoms with E-state index in [1.807, 2.05) is 0 Å². The summed E-state index contributed by atoms with van der Waals surface area (Å²) in [6.45, 7) is 0.460. The number of pyridine rings is 1. The highest BCUT2D eigenvalue weighted by atomic mass is 19.3. The zero-order valence-corrected chi connectivity index (χ0v) is 20.5. The number of nitrogen functional groups attached to an aromatic ring is 1. The van der Waals surface area contributed by atoms with Crippen LogP contribution in [0.4, 0.5) is 33.5 Å². The maximum atomic E-state index is 13.8. The number of piperidine rings is 1. The molecule has 2 atom stereocenters. The molecule has 1 fully saturated rings. The van der Waals surface area contributed by atoms with Crippen LogP contribution >= 0.6 is 0 Å². The number of hydrogen-bond acceptors (Lipinski definition) is 8. The van der Waals surface area contributed by atoms with E-state index in [4.69, 9.17) is 11.5 Å². The van der Waals surface area contributed by atoms with Crippen LogP contribution in [0.15, 0.2) is 43.1 Å². The number of benzene rings is 1. The number of aliphatic hydroxyl groups is 1. The Morgan fingerprint density at radius 3 is 2.62 bits per heavy atom. The van der Waals surface area contributed by atoms with Crippen molar-refractivity contribution >= 4 is 22.7 Å². The molecule has 0 saturated carbocycles. The van der Waals surface area contributed by atoms with Gasteiger partial charge in [-0.15, -0.1) is 0 Å². The molecular weight excluding hydrogens is 523 g/mol. The van der Waals surface area contributed by atoms with E-state index in [1.54, 1.807) is 15.5 Å². The fourth-order valence-electron chi connectivity index (χ4n) is 5.00. The minimum atomic E-state index is -3.02. The molecule has 1 aliphatic rings. The number of imidazole rings is 1. The van der Waals surface area contributed by atoms with Crippen molar-refractivity contribution in [1.82, 2.24) is 24.5 Å². The highest BCUT2D eigenvalue weighted by Gasteiger charge is 2.43. The lowest BCUT2D eigenvalue weighted by molar-refractivity contribution is -0.0529. The maximum absolute atomic E-state index is 13.8. The molecule has 0 bridgehead atoms. The summed E-state index contributed by atoms with van der Waals surface area (Å²) in [6.07, 6.45) is -3.20. The first kappa shape index (κ1) is 26.7. The van der Waals surface area contributed by atoms with Gasteiger partial charge in [-0.25, -0.2) is 36.9 Å². The van der Waals surface area contributed by atoms with E-state index < -0.39 is 35.9 Å². The minimum absolute atomic E-state index is 0.0428. The van der Waals surface area contributed by atoms with Gasteiger partial charge >= 0.3 is 0 Å². The summed E-state index contributed by atoms with van der Waals surface area (Å²) in [6, 6.07) is 4.63. The Bertz CT molecular complexity index is 1500. The molecule has 0 aliphatic carbocycles. The molecule has 206 valence electrons. The number of alkyl halides is 4. The normalized spacial score (nSPS) is 18.8. The quantitative estimate of drug-likeness (QED) is 0.299. The number of nitrogens with zero attached hydrogens (tertiary/aromatic N) is 6. The maximum Gasteiger partial charge on any atom is 0.265 e. The number of aromatic nitrogens is 5. The van der Waals surface area contributed by atoms with Crippen molar-refractivity contribution < 1.29 is 27.1 Å². The number of aliphatic hydroxyl groups excluding tert-OH is 1. The van der Waals surface area contributed by atoms with Crippen LogP contribution in [0.25, 0.3) is 22.4 Å². The molecule has 9 nitrogen and oxygen atoms in total. The Morgan fingerprint density at radius 1 is 1.08 bits per heavy atom. The van der Waals surface area contributed by atoms with Crippen molar-refractivity contribution in [1.29, 1.82) is 0 Å². The molecule has 1 saturated heterocycles. The zero-order chi connectivity index (χ0) is 27.9. The number of nitrogens with two attached hydrogens (primary N) is 2. The second-order valence-corrected chi connectivity index (χ2v) is 9.57. The number of hydrogen-bond donors (Lipinski definition) is 3. The average Bonchev–Trinajstić information content (AvgIpc) is 3.32. The van der Waals surface area contributed by atoms with E-state index in [9.17, 15) is 27.1 Å². The van der Waals surface area contributed by atoms with Crippen LogP contribution in [0.5, 0.6) is 0 Å². The number of rotatable bonds is 7. The van der Waals surface area contributed by atoms with Crippen LogP contribution in [0.2, 0.25) is 0 Å². The van der Waals surface area contributed by atoms with Gasteiger partial charge in [-0.3, -0.25) is 4.98 Å². The Balaban J connectivity index is 1.61. The van der Waals surface area contributed by atoms with Gasteiger partial charge in [-0.2, -0.15) is 0 Å². The third-order valence-corrected chi connectivity index (χ3v) is 6.98. The minimum Gasteiger partial charge on any atom is -0.385 e. The van der Waals surface area contributed by atoms with Crippen LogP contribution in [0.3, 0.4) is 0 Å². The summed E-state index contributed by atoms with van der Waals surface area (Å²) in [7, 11) is 0. The molecule has 0 amide bonds. The van der Waals surface area contributed by atoms with Crippen molar-refractivity contribution in [2.45, 2.75) is 43.9 Å². The van der Waals surface area contributed by atoms with Crippen LogP contribution < -0.4 is 16.4 Å². The van der Waals surface area contributed by atoms with E-state index in [2.05, 4.69) is 19.9 Å². The van der Waals surface area contributed by atoms with Gasteiger partial charge in [0.15, 0.2) is 11.5 Å². The second kappa shape index (κ2) is 10.3. The summed E-state index contributed by atoms with van der Waals surface area (Å²) >= 11 is 0. The van der Waals surface area contributed by atoms with E-state index in [0.29, 0.717) is 35.4 Å². The standard InChI is InChI=1S/C25H25F5N8O/c26-14-2-3-15(16(7-14)21(27)28)17-6-13(9-38-12-36-19-23(31)34-11-35-24(19)38)18(8-33-17)37-5-1-4-25(32,10-37)20(39)22(29)30/h2-3,6-8,11-12,20-22,39H,1,4-5,9-10,32H2,(H2,31,34,35). The van der Waals surface area contributed by atoms with Gasteiger partial charge in [-0.05, 0) is 42.7 Å². The molecule has 5 N–H and O–H groups in total. The molecule has 0 spiro atoms. The zero-order valence-electron chi connectivity index (χ0n) is 20.5. The molecule has 1 aliphatic heterocycles. The summed E-state index contributed by atoms with van der Waals surface area (Å²) in [4.78, 5) is 18.5. The first-order valence-electron chi connectivity index (χ1n) is 12.1. The number of halogens is 5. The Hall–Kier alpha value is -3.91. The summed E-state index contributed by atoms with van der Waals surface area (Å²) in [5.41, 5.74) is 12.1. The molecule has 4 heterocycles. The average molecular weight is 549 g/mol. The number of anilines is 2. The Morgan fingerprint density at radius 2 is 1.87 bits per heavy atom. The molecule has 2 unspecified atom stereocenters. The van der Waals surface area contributed by atoms with Crippen molar-refractivity contribution in [3.63, 3.8) is 0 Å². The Kier molecular flexibility index (Phi) is 7.07. The molecule has 1 aromatic carbocycles. The van der Waals surface area contributed by atoms with Gasteiger partial charge < -0.3 is 26.0 Å². The summed E-state index contributed by atoms with van der Waals surface area (Å²) < 4.78 is 69.7. The first-order chi connectivity index (χ1) is 18.6. The molecule has 14 heteroatoms. The van der Waals surface area contributed by atoms with Crippen LogP contribution in [-0.4, -0.2) is 60.8 Å².